The average molecular weight is 212 g/mol. The fourth-order valence-corrected chi connectivity index (χ4v) is 1.55. The molecule has 0 saturated heterocycles. The molecule has 4 nitrogen and oxygen atoms in total. The van der Waals surface area contributed by atoms with Crippen LogP contribution in [0.15, 0.2) is 34.2 Å². The predicted molar refractivity (Wildman–Crippen MR) is 57.3 cm³/mol. The van der Waals surface area contributed by atoms with Gasteiger partial charge in [0.25, 0.3) is 0 Å². The second-order valence-corrected chi connectivity index (χ2v) is 3.62. The van der Waals surface area contributed by atoms with Gasteiger partial charge < -0.3 is 5.11 Å². The third kappa shape index (κ3) is 3.78. The Morgan fingerprint density at radius 2 is 2.07 bits per heavy atom. The molecule has 3 N–H and O–H groups in total. The molecule has 1 rings (SSSR count). The van der Waals surface area contributed by atoms with E-state index in [4.69, 9.17) is 10.3 Å². The highest BCUT2D eigenvalue weighted by atomic mass is 32.2. The molecule has 0 spiro atoms. The maximum Gasteiger partial charge on any atom is 0.113 e. The zero-order chi connectivity index (χ0) is 10.2. The average Bonchev–Trinajstić information content (AvgIpc) is 2.25. The topological polar surface area (TPSA) is 64.9 Å². The number of benzene rings is 1. The Morgan fingerprint density at radius 3 is 2.64 bits per heavy atom. The molecule has 0 fully saturated rings. The van der Waals surface area contributed by atoms with Gasteiger partial charge in [-0.1, -0.05) is 0 Å². The second kappa shape index (κ2) is 6.42. The summed E-state index contributed by atoms with van der Waals surface area (Å²) in [4.78, 5) is 4.99. The number of thioether (sulfide) groups is 1. The summed E-state index contributed by atoms with van der Waals surface area (Å²) in [6.07, 6.45) is 1.20. The molecule has 0 atom stereocenters. The molecule has 0 radical (unpaired) electrons. The van der Waals surface area contributed by atoms with Crippen LogP contribution in [0.1, 0.15) is 0 Å². The van der Waals surface area contributed by atoms with Crippen molar-refractivity contribution >= 4 is 23.8 Å². The number of aliphatic hydroxyl groups excluding tert-OH is 1. The van der Waals surface area contributed by atoms with Gasteiger partial charge in [-0.3, -0.25) is 10.7 Å². The Balaban J connectivity index is 2.54. The van der Waals surface area contributed by atoms with Crippen LogP contribution < -0.4 is 5.48 Å². The van der Waals surface area contributed by atoms with Crippen molar-refractivity contribution in [3.63, 3.8) is 0 Å². The van der Waals surface area contributed by atoms with E-state index >= 15 is 0 Å². The third-order valence-corrected chi connectivity index (χ3v) is 2.46. The largest absolute Gasteiger partial charge is 0.396 e. The Bertz CT molecular complexity index is 287. The molecule has 5 heteroatoms. The molecule has 14 heavy (non-hydrogen) atoms. The summed E-state index contributed by atoms with van der Waals surface area (Å²) in [5, 5.41) is 16.9. The lowest BCUT2D eigenvalue weighted by Gasteiger charge is -1.99. The normalized spacial score (nSPS) is 10.7. The van der Waals surface area contributed by atoms with Gasteiger partial charge in [-0.05, 0) is 24.3 Å². The van der Waals surface area contributed by atoms with Crippen molar-refractivity contribution in [1.82, 2.24) is 5.48 Å². The Labute approximate surface area is 86.6 Å². The molecule has 0 aliphatic carbocycles. The first-order chi connectivity index (χ1) is 6.86. The summed E-state index contributed by atoms with van der Waals surface area (Å²) in [6, 6.07) is 7.52. The van der Waals surface area contributed by atoms with Crippen LogP contribution in [-0.4, -0.2) is 29.0 Å². The van der Waals surface area contributed by atoms with E-state index in [1.807, 2.05) is 29.7 Å². The minimum Gasteiger partial charge on any atom is -0.396 e. The van der Waals surface area contributed by atoms with Gasteiger partial charge in [0.15, 0.2) is 0 Å². The summed E-state index contributed by atoms with van der Waals surface area (Å²) < 4.78 is 0. The zero-order valence-electron chi connectivity index (χ0n) is 7.55. The highest BCUT2D eigenvalue weighted by Crippen LogP contribution is 2.20. The van der Waals surface area contributed by atoms with E-state index in [1.165, 1.54) is 6.34 Å². The van der Waals surface area contributed by atoms with E-state index in [1.54, 1.807) is 11.8 Å². The number of nitrogens with one attached hydrogen (secondary N) is 1. The first-order valence-electron chi connectivity index (χ1n) is 4.12. The van der Waals surface area contributed by atoms with Crippen molar-refractivity contribution < 1.29 is 10.3 Å². The van der Waals surface area contributed by atoms with Gasteiger partial charge in [-0.15, -0.1) is 11.8 Å². The van der Waals surface area contributed by atoms with Crippen molar-refractivity contribution in [3.8, 4) is 0 Å². The number of rotatable bonds is 5. The first-order valence-corrected chi connectivity index (χ1v) is 5.11. The highest BCUT2D eigenvalue weighted by molar-refractivity contribution is 7.99. The van der Waals surface area contributed by atoms with Crippen molar-refractivity contribution in [2.75, 3.05) is 12.4 Å². The molecule has 0 unspecified atom stereocenters. The molecule has 0 aliphatic heterocycles. The summed E-state index contributed by atoms with van der Waals surface area (Å²) in [6.45, 7) is 0.180. The van der Waals surface area contributed by atoms with Crippen molar-refractivity contribution in [3.05, 3.63) is 24.3 Å². The molecular weight excluding hydrogens is 200 g/mol. The van der Waals surface area contributed by atoms with Crippen molar-refractivity contribution in [2.45, 2.75) is 4.90 Å². The molecule has 0 heterocycles. The lowest BCUT2D eigenvalue weighted by Crippen LogP contribution is -2.00. The number of hydroxylamine groups is 1. The molecule has 1 aromatic carbocycles. The van der Waals surface area contributed by atoms with Crippen LogP contribution in [0.5, 0.6) is 0 Å². The first kappa shape index (κ1) is 11.0. The van der Waals surface area contributed by atoms with Crippen LogP contribution in [0.2, 0.25) is 0 Å². The zero-order valence-corrected chi connectivity index (χ0v) is 8.37. The quantitative estimate of drug-likeness (QED) is 0.299. The van der Waals surface area contributed by atoms with Gasteiger partial charge >= 0.3 is 0 Å². The van der Waals surface area contributed by atoms with E-state index < -0.39 is 0 Å². The number of nitrogens with zero attached hydrogens (tertiary/aromatic N) is 1. The van der Waals surface area contributed by atoms with Gasteiger partial charge in [-0.2, -0.15) is 0 Å². The van der Waals surface area contributed by atoms with Crippen LogP contribution in [0.25, 0.3) is 0 Å². The number of aliphatic imine (C=N–C) groups is 1. The molecule has 0 aliphatic rings. The monoisotopic (exact) mass is 212 g/mol. The molecule has 0 saturated carbocycles. The standard InChI is InChI=1S/C9H12N2O2S/c12-5-6-14-9-3-1-8(2-4-9)10-7-11-13/h1-4,7,12-13H,5-6H2,(H,10,11). The SMILES string of the molecule is OCCSc1ccc(N=CNO)cc1. The Morgan fingerprint density at radius 1 is 1.36 bits per heavy atom. The number of hydrogen-bond donors (Lipinski definition) is 3. The molecule has 1 aromatic rings. The Hall–Kier alpha value is -1.04. The lowest BCUT2D eigenvalue weighted by atomic mass is 10.3. The van der Waals surface area contributed by atoms with Crippen LogP contribution in [0.4, 0.5) is 5.69 Å². The summed E-state index contributed by atoms with van der Waals surface area (Å²) in [5.74, 6) is 0.695. The van der Waals surface area contributed by atoms with Gasteiger partial charge in [0.2, 0.25) is 0 Å². The smallest absolute Gasteiger partial charge is 0.113 e. The van der Waals surface area contributed by atoms with Gasteiger partial charge in [0, 0.05) is 10.6 Å². The predicted octanol–water partition coefficient (Wildman–Crippen LogP) is 1.41. The minimum absolute atomic E-state index is 0.180. The van der Waals surface area contributed by atoms with Gasteiger partial charge in [0.05, 0.1) is 12.3 Å². The van der Waals surface area contributed by atoms with Crippen LogP contribution in [-0.2, 0) is 0 Å². The molecule has 76 valence electrons. The van der Waals surface area contributed by atoms with Crippen LogP contribution in [0, 0.1) is 0 Å². The minimum atomic E-state index is 0.180. The Kier molecular flexibility index (Phi) is 5.06. The highest BCUT2D eigenvalue weighted by Gasteiger charge is 1.93. The van der Waals surface area contributed by atoms with Gasteiger partial charge in [0.1, 0.15) is 6.34 Å². The van der Waals surface area contributed by atoms with Gasteiger partial charge in [-0.25, -0.2) is 4.99 Å². The molecule has 0 amide bonds. The maximum atomic E-state index is 8.62. The van der Waals surface area contributed by atoms with Crippen LogP contribution in [0.3, 0.4) is 0 Å². The molecular formula is C9H12N2O2S. The van der Waals surface area contributed by atoms with E-state index in [2.05, 4.69) is 4.99 Å². The summed E-state index contributed by atoms with van der Waals surface area (Å²) >= 11 is 1.59. The number of hydrogen-bond acceptors (Lipinski definition) is 4. The third-order valence-electron chi connectivity index (χ3n) is 1.47. The second-order valence-electron chi connectivity index (χ2n) is 2.45. The molecule has 0 aromatic heterocycles. The van der Waals surface area contributed by atoms with Crippen molar-refractivity contribution in [1.29, 1.82) is 0 Å². The molecule has 0 bridgehead atoms. The van der Waals surface area contributed by atoms with E-state index in [0.717, 1.165) is 10.6 Å². The van der Waals surface area contributed by atoms with Crippen molar-refractivity contribution in [2.24, 2.45) is 4.99 Å². The maximum absolute atomic E-state index is 8.62. The lowest BCUT2D eigenvalue weighted by molar-refractivity contribution is 0.240. The van der Waals surface area contributed by atoms with Crippen LogP contribution >= 0.6 is 11.8 Å². The van der Waals surface area contributed by atoms with E-state index in [-0.39, 0.29) is 6.61 Å². The summed E-state index contributed by atoms with van der Waals surface area (Å²) in [7, 11) is 0. The fourth-order valence-electron chi connectivity index (χ4n) is 0.895. The summed E-state index contributed by atoms with van der Waals surface area (Å²) in [5.41, 5.74) is 2.60. The van der Waals surface area contributed by atoms with E-state index in [9.17, 15) is 0 Å². The van der Waals surface area contributed by atoms with E-state index in [0.29, 0.717) is 5.75 Å². The fraction of sp³-hybridized carbons (Fsp3) is 0.222. The number of aliphatic hydroxyl groups is 1.